The van der Waals surface area contributed by atoms with Crippen molar-refractivity contribution in [2.75, 3.05) is 0 Å². The summed E-state index contributed by atoms with van der Waals surface area (Å²) in [7, 11) is 0. The molecular formula is C15H15N3O2. The zero-order valence-electron chi connectivity index (χ0n) is 11.0. The van der Waals surface area contributed by atoms with Gasteiger partial charge < -0.3 is 14.1 Å². The summed E-state index contributed by atoms with van der Waals surface area (Å²) in [5.74, 6) is 0.919. The lowest BCUT2D eigenvalue weighted by Crippen LogP contribution is -2.12. The van der Waals surface area contributed by atoms with Crippen molar-refractivity contribution in [2.24, 2.45) is 0 Å². The first kappa shape index (κ1) is 11.7. The van der Waals surface area contributed by atoms with Crippen LogP contribution in [0.1, 0.15) is 24.2 Å². The fraction of sp³-hybridized carbons (Fsp3) is 0.333. The van der Waals surface area contributed by atoms with Gasteiger partial charge in [-0.25, -0.2) is 9.97 Å². The van der Waals surface area contributed by atoms with Crippen LogP contribution in [0.3, 0.4) is 0 Å². The minimum atomic E-state index is -0.000114. The molecule has 0 saturated carbocycles. The zero-order chi connectivity index (χ0) is 13.5. The standard InChI is InChI=1S/C15H15N3O2/c19-8-12-13-3-1-2-6-18(13)15(17-12)10-4-5-11-14(7-10)20-9-16-11/h4-5,7,9,19H,1-3,6,8H2. The van der Waals surface area contributed by atoms with Gasteiger partial charge >= 0.3 is 0 Å². The number of aliphatic hydroxyl groups is 1. The van der Waals surface area contributed by atoms with Crippen LogP contribution in [0.15, 0.2) is 29.0 Å². The Labute approximate surface area is 115 Å². The molecule has 102 valence electrons. The third-order valence-electron chi connectivity index (χ3n) is 3.94. The molecule has 3 aromatic rings. The molecule has 0 bridgehead atoms. The van der Waals surface area contributed by atoms with E-state index in [0.29, 0.717) is 0 Å². The van der Waals surface area contributed by atoms with Gasteiger partial charge in [0.1, 0.15) is 11.3 Å². The Kier molecular flexibility index (Phi) is 2.60. The van der Waals surface area contributed by atoms with Gasteiger partial charge in [0.15, 0.2) is 12.0 Å². The van der Waals surface area contributed by atoms with Gasteiger partial charge in [0.05, 0.1) is 12.3 Å². The van der Waals surface area contributed by atoms with Crippen LogP contribution >= 0.6 is 0 Å². The number of imidazole rings is 1. The van der Waals surface area contributed by atoms with Crippen LogP contribution in [-0.2, 0) is 19.6 Å². The summed E-state index contributed by atoms with van der Waals surface area (Å²) in [6, 6.07) is 5.92. The van der Waals surface area contributed by atoms with E-state index in [9.17, 15) is 5.11 Å². The molecule has 0 spiro atoms. The predicted octanol–water partition coefficient (Wildman–Crippen LogP) is 2.52. The molecule has 20 heavy (non-hydrogen) atoms. The fourth-order valence-corrected chi connectivity index (χ4v) is 2.96. The largest absolute Gasteiger partial charge is 0.443 e. The molecule has 2 aromatic heterocycles. The van der Waals surface area contributed by atoms with Crippen molar-refractivity contribution >= 4 is 11.1 Å². The van der Waals surface area contributed by atoms with Gasteiger partial charge in [-0.1, -0.05) is 0 Å². The lowest BCUT2D eigenvalue weighted by Gasteiger charge is -2.17. The minimum absolute atomic E-state index is 0.000114. The van der Waals surface area contributed by atoms with Crippen LogP contribution in [0.4, 0.5) is 0 Å². The maximum atomic E-state index is 9.49. The van der Waals surface area contributed by atoms with Gasteiger partial charge in [-0.05, 0) is 37.5 Å². The monoisotopic (exact) mass is 269 g/mol. The molecule has 1 aromatic carbocycles. The van der Waals surface area contributed by atoms with Crippen molar-refractivity contribution < 1.29 is 9.52 Å². The first-order chi connectivity index (χ1) is 9.86. The average molecular weight is 269 g/mol. The summed E-state index contributed by atoms with van der Waals surface area (Å²) in [4.78, 5) is 8.75. The lowest BCUT2D eigenvalue weighted by molar-refractivity contribution is 0.275. The molecule has 1 aliphatic rings. The van der Waals surface area contributed by atoms with Crippen molar-refractivity contribution in [3.63, 3.8) is 0 Å². The Balaban J connectivity index is 1.90. The van der Waals surface area contributed by atoms with E-state index in [-0.39, 0.29) is 6.61 Å². The number of hydrogen-bond donors (Lipinski definition) is 1. The summed E-state index contributed by atoms with van der Waals surface area (Å²) in [6.07, 6.45) is 4.77. The minimum Gasteiger partial charge on any atom is -0.443 e. The third-order valence-corrected chi connectivity index (χ3v) is 3.94. The number of aliphatic hydroxyl groups excluding tert-OH is 1. The highest BCUT2D eigenvalue weighted by atomic mass is 16.3. The predicted molar refractivity (Wildman–Crippen MR) is 74.1 cm³/mol. The van der Waals surface area contributed by atoms with Gasteiger partial charge in [0.2, 0.25) is 0 Å². The summed E-state index contributed by atoms with van der Waals surface area (Å²) in [6.45, 7) is 0.964. The van der Waals surface area contributed by atoms with Gasteiger partial charge in [-0.3, -0.25) is 0 Å². The second-order valence-corrected chi connectivity index (χ2v) is 5.13. The van der Waals surface area contributed by atoms with E-state index in [0.717, 1.165) is 47.6 Å². The zero-order valence-corrected chi connectivity index (χ0v) is 11.0. The van der Waals surface area contributed by atoms with E-state index in [1.165, 1.54) is 18.5 Å². The second-order valence-electron chi connectivity index (χ2n) is 5.13. The van der Waals surface area contributed by atoms with Crippen LogP contribution in [0.2, 0.25) is 0 Å². The highest BCUT2D eigenvalue weighted by molar-refractivity contribution is 5.78. The molecule has 0 fully saturated rings. The summed E-state index contributed by atoms with van der Waals surface area (Å²) < 4.78 is 7.59. The smallest absolute Gasteiger partial charge is 0.181 e. The van der Waals surface area contributed by atoms with Crippen LogP contribution in [0, 0.1) is 0 Å². The molecule has 0 unspecified atom stereocenters. The first-order valence-electron chi connectivity index (χ1n) is 6.89. The van der Waals surface area contributed by atoms with E-state index in [1.54, 1.807) is 0 Å². The number of oxazole rings is 1. The summed E-state index contributed by atoms with van der Waals surface area (Å²) in [5, 5.41) is 9.49. The van der Waals surface area contributed by atoms with Crippen molar-refractivity contribution in [2.45, 2.75) is 32.4 Å². The molecule has 3 heterocycles. The average Bonchev–Trinajstić information content (AvgIpc) is 3.10. The van der Waals surface area contributed by atoms with Gasteiger partial charge in [0, 0.05) is 17.8 Å². The normalized spacial score (nSPS) is 14.7. The summed E-state index contributed by atoms with van der Waals surface area (Å²) >= 11 is 0. The molecule has 1 N–H and O–H groups in total. The van der Waals surface area contributed by atoms with Crippen LogP contribution < -0.4 is 0 Å². The molecule has 0 atom stereocenters. The molecule has 0 aliphatic carbocycles. The van der Waals surface area contributed by atoms with Gasteiger partial charge in [0.25, 0.3) is 0 Å². The number of aromatic nitrogens is 3. The van der Waals surface area contributed by atoms with E-state index in [2.05, 4.69) is 14.5 Å². The Morgan fingerprint density at radius 3 is 3.15 bits per heavy atom. The lowest BCUT2D eigenvalue weighted by atomic mass is 10.1. The van der Waals surface area contributed by atoms with Crippen LogP contribution in [0.5, 0.6) is 0 Å². The Morgan fingerprint density at radius 1 is 1.30 bits per heavy atom. The highest BCUT2D eigenvalue weighted by Gasteiger charge is 2.20. The Morgan fingerprint density at radius 2 is 2.25 bits per heavy atom. The fourth-order valence-electron chi connectivity index (χ4n) is 2.96. The number of fused-ring (bicyclic) bond motifs is 2. The number of hydrogen-bond acceptors (Lipinski definition) is 4. The first-order valence-corrected chi connectivity index (χ1v) is 6.89. The van der Waals surface area contributed by atoms with E-state index >= 15 is 0 Å². The molecule has 5 nitrogen and oxygen atoms in total. The number of benzene rings is 1. The maximum Gasteiger partial charge on any atom is 0.181 e. The molecule has 0 radical (unpaired) electrons. The highest BCUT2D eigenvalue weighted by Crippen LogP contribution is 2.29. The molecule has 1 aliphatic heterocycles. The quantitative estimate of drug-likeness (QED) is 0.776. The summed E-state index contributed by atoms with van der Waals surface area (Å²) in [5.41, 5.74) is 4.60. The Hall–Kier alpha value is -2.14. The van der Waals surface area contributed by atoms with Gasteiger partial charge in [-0.15, -0.1) is 0 Å². The van der Waals surface area contributed by atoms with Crippen LogP contribution in [-0.4, -0.2) is 19.6 Å². The number of nitrogens with zero attached hydrogens (tertiary/aromatic N) is 3. The molecular weight excluding hydrogens is 254 g/mol. The molecule has 5 heteroatoms. The SMILES string of the molecule is OCc1nc(-c2ccc3ncoc3c2)n2c1CCCC2. The molecule has 0 saturated heterocycles. The van der Waals surface area contributed by atoms with Crippen molar-refractivity contribution in [1.82, 2.24) is 14.5 Å². The van der Waals surface area contributed by atoms with Crippen molar-refractivity contribution in [3.8, 4) is 11.4 Å². The third kappa shape index (κ3) is 1.67. The van der Waals surface area contributed by atoms with E-state index in [1.807, 2.05) is 18.2 Å². The molecule has 4 rings (SSSR count). The number of rotatable bonds is 2. The maximum absolute atomic E-state index is 9.49. The second kappa shape index (κ2) is 4.45. The van der Waals surface area contributed by atoms with Crippen molar-refractivity contribution in [1.29, 1.82) is 0 Å². The van der Waals surface area contributed by atoms with Gasteiger partial charge in [-0.2, -0.15) is 0 Å². The van der Waals surface area contributed by atoms with E-state index in [4.69, 9.17) is 4.42 Å². The van der Waals surface area contributed by atoms with E-state index < -0.39 is 0 Å². The van der Waals surface area contributed by atoms with Crippen molar-refractivity contribution in [3.05, 3.63) is 36.0 Å². The molecule has 0 amide bonds. The topological polar surface area (TPSA) is 64.1 Å². The van der Waals surface area contributed by atoms with Crippen LogP contribution in [0.25, 0.3) is 22.5 Å². The Bertz CT molecular complexity index is 773.